The largest absolute Gasteiger partial charge is 0.363 e. The zero-order valence-electron chi connectivity index (χ0n) is 7.36. The van der Waals surface area contributed by atoms with Crippen LogP contribution in [0.4, 0.5) is 9.52 Å². The molecule has 2 rings (SSSR count). The van der Waals surface area contributed by atoms with Crippen molar-refractivity contribution in [2.45, 2.75) is 0 Å². The summed E-state index contributed by atoms with van der Waals surface area (Å²) in [6.45, 7) is 0. The Morgan fingerprint density at radius 2 is 2.29 bits per heavy atom. The molecule has 0 fully saturated rings. The summed E-state index contributed by atoms with van der Waals surface area (Å²) < 4.78 is 12.8. The zero-order chi connectivity index (χ0) is 9.97. The maximum atomic E-state index is 12.8. The number of nitrogens with zero attached hydrogens (tertiary/aromatic N) is 3. The fourth-order valence-electron chi connectivity index (χ4n) is 0.949. The average Bonchev–Trinajstić information content (AvgIpc) is 2.66. The molecule has 0 amide bonds. The van der Waals surface area contributed by atoms with Crippen molar-refractivity contribution in [3.8, 4) is 10.7 Å². The molecule has 0 aliphatic heterocycles. The van der Waals surface area contributed by atoms with E-state index in [4.69, 9.17) is 0 Å². The van der Waals surface area contributed by atoms with Crippen molar-refractivity contribution in [1.82, 2.24) is 15.2 Å². The highest BCUT2D eigenvalue weighted by molar-refractivity contribution is 7.18. The molecule has 0 atom stereocenters. The van der Waals surface area contributed by atoms with E-state index in [-0.39, 0.29) is 5.82 Å². The molecular weight excluding hydrogens is 203 g/mol. The van der Waals surface area contributed by atoms with Crippen LogP contribution >= 0.6 is 11.3 Å². The Morgan fingerprint density at radius 1 is 1.43 bits per heavy atom. The Kier molecular flexibility index (Phi) is 2.36. The van der Waals surface area contributed by atoms with Crippen molar-refractivity contribution in [3.63, 3.8) is 0 Å². The van der Waals surface area contributed by atoms with E-state index in [2.05, 4.69) is 20.5 Å². The second-order valence-electron chi connectivity index (χ2n) is 2.52. The van der Waals surface area contributed by atoms with E-state index < -0.39 is 0 Å². The third-order valence-electron chi connectivity index (χ3n) is 1.58. The predicted molar refractivity (Wildman–Crippen MR) is 52.6 cm³/mol. The Balaban J connectivity index is 2.39. The van der Waals surface area contributed by atoms with Crippen LogP contribution in [-0.2, 0) is 0 Å². The van der Waals surface area contributed by atoms with Gasteiger partial charge in [0.1, 0.15) is 11.5 Å². The minimum absolute atomic E-state index is 0.323. The zero-order valence-corrected chi connectivity index (χ0v) is 8.18. The fourth-order valence-corrected chi connectivity index (χ4v) is 1.61. The molecule has 0 spiro atoms. The lowest BCUT2D eigenvalue weighted by atomic mass is 10.3. The molecule has 2 aromatic rings. The van der Waals surface area contributed by atoms with Gasteiger partial charge in [0.2, 0.25) is 5.13 Å². The summed E-state index contributed by atoms with van der Waals surface area (Å²) in [6, 6.07) is 2.63. The van der Waals surface area contributed by atoms with Crippen LogP contribution in [0.1, 0.15) is 0 Å². The average molecular weight is 210 g/mol. The van der Waals surface area contributed by atoms with E-state index in [1.165, 1.54) is 29.7 Å². The van der Waals surface area contributed by atoms with Gasteiger partial charge < -0.3 is 5.32 Å². The number of anilines is 1. The number of aromatic nitrogens is 3. The minimum Gasteiger partial charge on any atom is -0.363 e. The molecule has 4 nitrogen and oxygen atoms in total. The van der Waals surface area contributed by atoms with E-state index in [1.54, 1.807) is 7.05 Å². The first-order chi connectivity index (χ1) is 6.79. The van der Waals surface area contributed by atoms with E-state index in [0.29, 0.717) is 15.8 Å². The molecule has 0 aliphatic rings. The maximum absolute atomic E-state index is 12.8. The monoisotopic (exact) mass is 210 g/mol. The van der Waals surface area contributed by atoms with Gasteiger partial charge in [-0.25, -0.2) is 4.39 Å². The third kappa shape index (κ3) is 1.69. The second-order valence-corrected chi connectivity index (χ2v) is 3.50. The first-order valence-corrected chi connectivity index (χ1v) is 4.74. The van der Waals surface area contributed by atoms with Crippen LogP contribution in [0.3, 0.4) is 0 Å². The van der Waals surface area contributed by atoms with Crippen LogP contribution in [0.2, 0.25) is 0 Å². The van der Waals surface area contributed by atoms with Crippen LogP contribution in [0.25, 0.3) is 10.7 Å². The Hall–Kier alpha value is -1.56. The molecule has 6 heteroatoms. The van der Waals surface area contributed by atoms with Crippen molar-refractivity contribution < 1.29 is 4.39 Å². The SMILES string of the molecule is CNc1nnc(-c2cc(F)ccn2)s1. The molecule has 0 bridgehead atoms. The van der Waals surface area contributed by atoms with Gasteiger partial charge in [0.25, 0.3) is 0 Å². The molecule has 0 saturated carbocycles. The summed E-state index contributed by atoms with van der Waals surface area (Å²) in [5, 5.41) is 11.9. The molecule has 1 N–H and O–H groups in total. The lowest BCUT2D eigenvalue weighted by Crippen LogP contribution is -1.85. The van der Waals surface area contributed by atoms with Crippen molar-refractivity contribution in [1.29, 1.82) is 0 Å². The van der Waals surface area contributed by atoms with Crippen LogP contribution < -0.4 is 5.32 Å². The Labute approximate surface area is 83.8 Å². The van der Waals surface area contributed by atoms with Crippen LogP contribution in [0.5, 0.6) is 0 Å². The van der Waals surface area contributed by atoms with E-state index in [0.717, 1.165) is 0 Å². The van der Waals surface area contributed by atoms with Gasteiger partial charge in [0.05, 0.1) is 0 Å². The fraction of sp³-hybridized carbons (Fsp3) is 0.125. The minimum atomic E-state index is -0.323. The Morgan fingerprint density at radius 3 is 2.93 bits per heavy atom. The molecule has 0 aliphatic carbocycles. The normalized spacial score (nSPS) is 10.1. The van der Waals surface area contributed by atoms with Gasteiger partial charge in [0, 0.05) is 19.3 Å². The van der Waals surface area contributed by atoms with Gasteiger partial charge in [0.15, 0.2) is 5.01 Å². The highest BCUT2D eigenvalue weighted by atomic mass is 32.1. The van der Waals surface area contributed by atoms with Crippen molar-refractivity contribution in [3.05, 3.63) is 24.1 Å². The molecule has 0 radical (unpaired) electrons. The Bertz CT molecular complexity index is 442. The predicted octanol–water partition coefficient (Wildman–Crippen LogP) is 1.78. The van der Waals surface area contributed by atoms with Gasteiger partial charge in [-0.15, -0.1) is 10.2 Å². The number of hydrogen-bond acceptors (Lipinski definition) is 5. The van der Waals surface area contributed by atoms with Crippen LogP contribution in [0, 0.1) is 5.82 Å². The summed E-state index contributed by atoms with van der Waals surface area (Å²) in [6.07, 6.45) is 1.41. The lowest BCUT2D eigenvalue weighted by Gasteiger charge is -1.92. The quantitative estimate of drug-likeness (QED) is 0.820. The summed E-state index contributed by atoms with van der Waals surface area (Å²) in [5.74, 6) is -0.323. The van der Waals surface area contributed by atoms with Gasteiger partial charge in [-0.05, 0) is 6.07 Å². The van der Waals surface area contributed by atoms with Gasteiger partial charge in [-0.2, -0.15) is 0 Å². The van der Waals surface area contributed by atoms with Crippen molar-refractivity contribution in [2.75, 3.05) is 12.4 Å². The standard InChI is InChI=1S/C8H7FN4S/c1-10-8-13-12-7(14-8)6-4-5(9)2-3-11-6/h2-4H,1H3,(H,10,13). The van der Waals surface area contributed by atoms with E-state index in [9.17, 15) is 4.39 Å². The number of hydrogen-bond donors (Lipinski definition) is 1. The third-order valence-corrected chi connectivity index (χ3v) is 2.54. The first-order valence-electron chi connectivity index (χ1n) is 3.93. The summed E-state index contributed by atoms with van der Waals surface area (Å²) in [5.41, 5.74) is 0.504. The number of pyridine rings is 1. The van der Waals surface area contributed by atoms with Crippen LogP contribution in [-0.4, -0.2) is 22.2 Å². The van der Waals surface area contributed by atoms with Gasteiger partial charge in [-0.1, -0.05) is 11.3 Å². The molecule has 0 saturated heterocycles. The maximum Gasteiger partial charge on any atom is 0.205 e. The smallest absolute Gasteiger partial charge is 0.205 e. The molecule has 2 aromatic heterocycles. The molecule has 72 valence electrons. The second kappa shape index (κ2) is 3.67. The van der Waals surface area contributed by atoms with Crippen molar-refractivity contribution in [2.24, 2.45) is 0 Å². The van der Waals surface area contributed by atoms with Crippen molar-refractivity contribution >= 4 is 16.5 Å². The molecular formula is C8H7FN4S. The van der Waals surface area contributed by atoms with E-state index >= 15 is 0 Å². The number of rotatable bonds is 2. The van der Waals surface area contributed by atoms with Gasteiger partial charge >= 0.3 is 0 Å². The van der Waals surface area contributed by atoms with E-state index in [1.807, 2.05) is 0 Å². The topological polar surface area (TPSA) is 50.7 Å². The first kappa shape index (κ1) is 9.01. The molecule has 14 heavy (non-hydrogen) atoms. The lowest BCUT2D eigenvalue weighted by molar-refractivity contribution is 0.626. The van der Waals surface area contributed by atoms with Crippen LogP contribution in [0.15, 0.2) is 18.3 Å². The molecule has 0 unspecified atom stereocenters. The highest BCUT2D eigenvalue weighted by Crippen LogP contribution is 2.24. The summed E-state index contributed by atoms with van der Waals surface area (Å²) in [4.78, 5) is 4.00. The highest BCUT2D eigenvalue weighted by Gasteiger charge is 2.06. The van der Waals surface area contributed by atoms with Gasteiger partial charge in [-0.3, -0.25) is 4.98 Å². The summed E-state index contributed by atoms with van der Waals surface area (Å²) in [7, 11) is 1.75. The summed E-state index contributed by atoms with van der Waals surface area (Å²) >= 11 is 1.33. The molecule has 2 heterocycles. The molecule has 0 aromatic carbocycles. The number of halogens is 1. The number of nitrogens with one attached hydrogen (secondary N) is 1.